The Hall–Kier alpha value is -1.35. The number of rotatable bonds is 4. The van der Waals surface area contributed by atoms with Crippen LogP contribution in [0.5, 0.6) is 0 Å². The number of hydrogen-bond donors (Lipinski definition) is 1. The number of methoxy groups -OCH3 is 1. The van der Waals surface area contributed by atoms with E-state index < -0.39 is 0 Å². The summed E-state index contributed by atoms with van der Waals surface area (Å²) < 4.78 is 4.73. The predicted molar refractivity (Wildman–Crippen MR) is 62.2 cm³/mol. The van der Waals surface area contributed by atoms with E-state index in [1.165, 1.54) is 25.5 Å². The van der Waals surface area contributed by atoms with Gasteiger partial charge in [-0.05, 0) is 29.9 Å². The van der Waals surface area contributed by atoms with Gasteiger partial charge in [-0.25, -0.2) is 0 Å². The lowest BCUT2D eigenvalue weighted by Gasteiger charge is -2.12. The lowest BCUT2D eigenvalue weighted by Crippen LogP contribution is -2.22. The Balaban J connectivity index is 2.15. The first kappa shape index (κ1) is 11.1. The molecule has 1 unspecified atom stereocenters. The zero-order valence-corrected chi connectivity index (χ0v) is 9.48. The second-order valence-electron chi connectivity index (χ2n) is 4.25. The van der Waals surface area contributed by atoms with Crippen molar-refractivity contribution in [3.05, 3.63) is 35.4 Å². The zero-order chi connectivity index (χ0) is 11.5. The number of nitrogens with two attached hydrogens (primary N) is 1. The van der Waals surface area contributed by atoms with Crippen molar-refractivity contribution < 1.29 is 9.53 Å². The van der Waals surface area contributed by atoms with E-state index in [2.05, 4.69) is 12.1 Å². The second kappa shape index (κ2) is 4.66. The topological polar surface area (TPSA) is 52.3 Å². The third-order valence-corrected chi connectivity index (χ3v) is 3.11. The molecule has 0 aromatic heterocycles. The number of ether oxygens (including phenoxy) is 1. The smallest absolute Gasteiger partial charge is 0.314 e. The molecule has 0 bridgehead atoms. The summed E-state index contributed by atoms with van der Waals surface area (Å²) in [6.45, 7) is 0.287. The summed E-state index contributed by atoms with van der Waals surface area (Å²) in [5.41, 5.74) is 7.90. The third kappa shape index (κ3) is 2.25. The second-order valence-corrected chi connectivity index (χ2v) is 4.25. The van der Waals surface area contributed by atoms with E-state index in [0.29, 0.717) is 0 Å². The summed E-state index contributed by atoms with van der Waals surface area (Å²) in [4.78, 5) is 11.5. The van der Waals surface area contributed by atoms with Crippen LogP contribution in [0, 0.1) is 0 Å². The van der Waals surface area contributed by atoms with E-state index in [0.717, 1.165) is 11.5 Å². The van der Waals surface area contributed by atoms with Gasteiger partial charge in [-0.15, -0.1) is 0 Å². The van der Waals surface area contributed by atoms with E-state index in [1.807, 2.05) is 12.1 Å². The fourth-order valence-electron chi connectivity index (χ4n) is 1.93. The highest BCUT2D eigenvalue weighted by Crippen LogP contribution is 2.40. The Kier molecular flexibility index (Phi) is 3.25. The van der Waals surface area contributed by atoms with Gasteiger partial charge in [0.1, 0.15) is 0 Å². The van der Waals surface area contributed by atoms with Gasteiger partial charge in [0.05, 0.1) is 13.0 Å². The largest absolute Gasteiger partial charge is 0.469 e. The van der Waals surface area contributed by atoms with Crippen LogP contribution in [-0.4, -0.2) is 19.6 Å². The van der Waals surface area contributed by atoms with Crippen molar-refractivity contribution in [3.8, 4) is 0 Å². The summed E-state index contributed by atoms with van der Waals surface area (Å²) in [5.74, 6) is 0.142. The molecule has 0 saturated heterocycles. The van der Waals surface area contributed by atoms with E-state index in [1.54, 1.807) is 0 Å². The fourth-order valence-corrected chi connectivity index (χ4v) is 1.93. The molecule has 3 nitrogen and oxygen atoms in total. The molecule has 0 heterocycles. The molecule has 0 amide bonds. The van der Waals surface area contributed by atoms with Crippen LogP contribution in [0.3, 0.4) is 0 Å². The Bertz CT molecular complexity index is 368. The minimum atomic E-state index is -0.335. The van der Waals surface area contributed by atoms with Crippen LogP contribution < -0.4 is 5.73 Å². The normalized spacial score (nSPS) is 16.9. The van der Waals surface area contributed by atoms with Crippen LogP contribution in [0.15, 0.2) is 24.3 Å². The SMILES string of the molecule is COC(=O)C(CN)c1ccc(C2CC2)cc1. The molecule has 1 aromatic rings. The van der Waals surface area contributed by atoms with Crippen molar-refractivity contribution in [3.63, 3.8) is 0 Å². The maximum absolute atomic E-state index is 11.5. The highest BCUT2D eigenvalue weighted by atomic mass is 16.5. The fraction of sp³-hybridized carbons (Fsp3) is 0.462. The molecule has 1 fully saturated rings. The monoisotopic (exact) mass is 219 g/mol. The van der Waals surface area contributed by atoms with Crippen LogP contribution in [0.2, 0.25) is 0 Å². The summed E-state index contributed by atoms with van der Waals surface area (Å²) >= 11 is 0. The van der Waals surface area contributed by atoms with Gasteiger partial charge >= 0.3 is 5.97 Å². The first-order chi connectivity index (χ1) is 7.76. The quantitative estimate of drug-likeness (QED) is 0.785. The maximum atomic E-state index is 11.5. The standard InChI is InChI=1S/C13H17NO2/c1-16-13(15)12(8-14)11-6-4-10(5-7-11)9-2-3-9/h4-7,9,12H,2-3,8,14H2,1H3. The number of benzene rings is 1. The average molecular weight is 219 g/mol. The van der Waals surface area contributed by atoms with Gasteiger partial charge in [-0.3, -0.25) is 4.79 Å². The molecule has 2 N–H and O–H groups in total. The molecule has 1 aromatic carbocycles. The first-order valence-corrected chi connectivity index (χ1v) is 5.64. The average Bonchev–Trinajstić information content (AvgIpc) is 3.14. The van der Waals surface area contributed by atoms with Crippen molar-refractivity contribution >= 4 is 5.97 Å². The van der Waals surface area contributed by atoms with E-state index in [-0.39, 0.29) is 18.4 Å². The van der Waals surface area contributed by atoms with Gasteiger partial charge in [0, 0.05) is 6.54 Å². The molecule has 1 saturated carbocycles. The maximum Gasteiger partial charge on any atom is 0.314 e. The number of hydrogen-bond acceptors (Lipinski definition) is 3. The Morgan fingerprint density at radius 1 is 1.44 bits per heavy atom. The summed E-state index contributed by atoms with van der Waals surface area (Å²) in [5, 5.41) is 0. The molecular weight excluding hydrogens is 202 g/mol. The number of carbonyl (C=O) groups is 1. The lowest BCUT2D eigenvalue weighted by atomic mass is 9.97. The minimum absolute atomic E-state index is 0.262. The number of esters is 1. The first-order valence-electron chi connectivity index (χ1n) is 5.64. The van der Waals surface area contributed by atoms with Crippen LogP contribution in [0.4, 0.5) is 0 Å². The highest BCUT2D eigenvalue weighted by molar-refractivity contribution is 5.78. The number of carbonyl (C=O) groups excluding carboxylic acids is 1. The van der Waals surface area contributed by atoms with Crippen LogP contribution in [0.1, 0.15) is 35.8 Å². The molecule has 86 valence electrons. The Labute approximate surface area is 95.6 Å². The van der Waals surface area contributed by atoms with Crippen LogP contribution in [-0.2, 0) is 9.53 Å². The third-order valence-electron chi connectivity index (χ3n) is 3.11. The zero-order valence-electron chi connectivity index (χ0n) is 9.48. The van der Waals surface area contributed by atoms with E-state index in [9.17, 15) is 4.79 Å². The van der Waals surface area contributed by atoms with E-state index in [4.69, 9.17) is 10.5 Å². The van der Waals surface area contributed by atoms with Gasteiger partial charge in [0.2, 0.25) is 0 Å². The lowest BCUT2D eigenvalue weighted by molar-refractivity contribution is -0.142. The molecule has 1 atom stereocenters. The van der Waals surface area contributed by atoms with Gasteiger partial charge < -0.3 is 10.5 Å². The van der Waals surface area contributed by atoms with Crippen LogP contribution in [0.25, 0.3) is 0 Å². The van der Waals surface area contributed by atoms with E-state index >= 15 is 0 Å². The highest BCUT2D eigenvalue weighted by Gasteiger charge is 2.24. The summed E-state index contributed by atoms with van der Waals surface area (Å²) in [7, 11) is 1.39. The molecule has 1 aliphatic rings. The summed E-state index contributed by atoms with van der Waals surface area (Å²) in [6.07, 6.45) is 2.58. The Morgan fingerprint density at radius 2 is 2.06 bits per heavy atom. The van der Waals surface area contributed by atoms with Gasteiger partial charge in [-0.2, -0.15) is 0 Å². The van der Waals surface area contributed by atoms with Crippen molar-refractivity contribution in [1.82, 2.24) is 0 Å². The molecule has 1 aliphatic carbocycles. The molecule has 3 heteroatoms. The molecular formula is C13H17NO2. The molecule has 0 aliphatic heterocycles. The molecule has 2 rings (SSSR count). The van der Waals surface area contributed by atoms with Crippen molar-refractivity contribution in [2.24, 2.45) is 5.73 Å². The molecule has 0 radical (unpaired) electrons. The van der Waals surface area contributed by atoms with Crippen LogP contribution >= 0.6 is 0 Å². The minimum Gasteiger partial charge on any atom is -0.469 e. The Morgan fingerprint density at radius 3 is 2.50 bits per heavy atom. The van der Waals surface area contributed by atoms with Gasteiger partial charge in [0.15, 0.2) is 0 Å². The predicted octanol–water partition coefficient (Wildman–Crippen LogP) is 1.78. The van der Waals surface area contributed by atoms with Crippen molar-refractivity contribution in [2.75, 3.05) is 13.7 Å². The molecule has 0 spiro atoms. The van der Waals surface area contributed by atoms with Crippen molar-refractivity contribution in [1.29, 1.82) is 0 Å². The van der Waals surface area contributed by atoms with Gasteiger partial charge in [0.25, 0.3) is 0 Å². The van der Waals surface area contributed by atoms with Gasteiger partial charge in [-0.1, -0.05) is 24.3 Å². The molecule has 16 heavy (non-hydrogen) atoms. The summed E-state index contributed by atoms with van der Waals surface area (Å²) in [6, 6.07) is 8.17. The van der Waals surface area contributed by atoms with Crippen molar-refractivity contribution in [2.45, 2.75) is 24.7 Å².